The number of halogens is 2. The van der Waals surface area contributed by atoms with Gasteiger partial charge in [0.15, 0.2) is 0 Å². The van der Waals surface area contributed by atoms with Crippen LogP contribution >= 0.6 is 23.2 Å². The van der Waals surface area contributed by atoms with Crippen molar-refractivity contribution >= 4 is 28.9 Å². The first-order valence-corrected chi connectivity index (χ1v) is 14.1. The van der Waals surface area contributed by atoms with Crippen LogP contribution < -0.4 is 9.47 Å². The molecule has 5 rings (SSSR count). The van der Waals surface area contributed by atoms with E-state index in [9.17, 15) is 0 Å². The quantitative estimate of drug-likeness (QED) is 0.242. The molecule has 2 atom stereocenters. The average Bonchev–Trinajstić information content (AvgIpc) is 3.35. The molecule has 194 valence electrons. The van der Waals surface area contributed by atoms with Gasteiger partial charge in [-0.2, -0.15) is 5.10 Å². The predicted octanol–water partition coefficient (Wildman–Crippen LogP) is 9.28. The van der Waals surface area contributed by atoms with Crippen LogP contribution in [0.3, 0.4) is 0 Å². The largest absolute Gasteiger partial charge is 0.494 e. The Bertz CT molecular complexity index is 1240. The normalized spacial score (nSPS) is 18.2. The van der Waals surface area contributed by atoms with Crippen LogP contribution in [0.1, 0.15) is 86.4 Å². The summed E-state index contributed by atoms with van der Waals surface area (Å²) in [7, 11) is 0. The van der Waals surface area contributed by atoms with Crippen LogP contribution in [-0.2, 0) is 0 Å². The highest BCUT2D eigenvalue weighted by Crippen LogP contribution is 2.50. The first kappa shape index (κ1) is 25.9. The lowest BCUT2D eigenvalue weighted by atomic mass is 9.95. The van der Waals surface area contributed by atoms with E-state index >= 15 is 0 Å². The van der Waals surface area contributed by atoms with Gasteiger partial charge in [0.25, 0.3) is 0 Å². The molecule has 0 aliphatic carbocycles. The number of fused-ring (bicyclic) bond motifs is 3. The molecule has 0 spiro atoms. The maximum absolute atomic E-state index is 6.61. The second-order valence-corrected chi connectivity index (χ2v) is 10.8. The minimum absolute atomic E-state index is 0.00936. The van der Waals surface area contributed by atoms with Crippen molar-refractivity contribution in [3.05, 3.63) is 93.0 Å². The number of unbranched alkanes of at least 4 members (excludes halogenated alkanes) is 5. The summed E-state index contributed by atoms with van der Waals surface area (Å²) >= 11 is 13.0. The summed E-state index contributed by atoms with van der Waals surface area (Å²) in [6.07, 6.45) is 7.86. The van der Waals surface area contributed by atoms with Crippen molar-refractivity contribution in [2.75, 3.05) is 6.61 Å². The van der Waals surface area contributed by atoms with E-state index in [0.717, 1.165) is 47.6 Å². The molecular weight excluding hydrogens is 503 g/mol. The van der Waals surface area contributed by atoms with E-state index in [1.165, 1.54) is 37.7 Å². The zero-order valence-electron chi connectivity index (χ0n) is 21.6. The Labute approximate surface area is 230 Å². The zero-order chi connectivity index (χ0) is 25.8. The van der Waals surface area contributed by atoms with Gasteiger partial charge in [0.05, 0.1) is 23.4 Å². The lowest BCUT2D eigenvalue weighted by Gasteiger charge is -2.38. The maximum Gasteiger partial charge on any atom is 0.213 e. The third-order valence-electron chi connectivity index (χ3n) is 7.12. The Morgan fingerprint density at radius 3 is 2.43 bits per heavy atom. The molecule has 0 radical (unpaired) electrons. The fraction of sp³-hybridized carbons (Fsp3) is 0.387. The molecular formula is C31H34Cl2N2O2. The summed E-state index contributed by atoms with van der Waals surface area (Å²) < 4.78 is 12.5. The molecule has 0 unspecified atom stereocenters. The molecule has 0 saturated carbocycles. The van der Waals surface area contributed by atoms with Crippen molar-refractivity contribution < 1.29 is 9.47 Å². The van der Waals surface area contributed by atoms with Crippen LogP contribution in [-0.4, -0.2) is 17.3 Å². The molecule has 2 aliphatic heterocycles. The first-order valence-electron chi connectivity index (χ1n) is 13.3. The highest BCUT2D eigenvalue weighted by atomic mass is 35.5. The third kappa shape index (κ3) is 5.91. The molecule has 6 heteroatoms. The molecule has 0 bridgehead atoms. The Balaban J connectivity index is 1.35. The van der Waals surface area contributed by atoms with Crippen LogP contribution in [0.25, 0.3) is 0 Å². The number of ether oxygens (including phenoxy) is 2. The summed E-state index contributed by atoms with van der Waals surface area (Å²) in [6.45, 7) is 5.08. The van der Waals surface area contributed by atoms with Crippen LogP contribution in [0.15, 0.2) is 65.8 Å². The molecule has 37 heavy (non-hydrogen) atoms. The van der Waals surface area contributed by atoms with Crippen molar-refractivity contribution in [3.63, 3.8) is 0 Å². The van der Waals surface area contributed by atoms with Crippen LogP contribution in [0.2, 0.25) is 10.0 Å². The van der Waals surface area contributed by atoms with E-state index in [2.05, 4.69) is 55.3 Å². The summed E-state index contributed by atoms with van der Waals surface area (Å²) in [4.78, 5) is 0. The molecule has 2 aliphatic rings. The lowest BCUT2D eigenvalue weighted by molar-refractivity contribution is -0.0189. The van der Waals surface area contributed by atoms with Gasteiger partial charge in [-0.05, 0) is 55.3 Å². The minimum Gasteiger partial charge on any atom is -0.494 e. The number of benzene rings is 3. The van der Waals surface area contributed by atoms with E-state index < -0.39 is 6.23 Å². The summed E-state index contributed by atoms with van der Waals surface area (Å²) in [5, 5.41) is 8.22. The van der Waals surface area contributed by atoms with Gasteiger partial charge in [-0.15, -0.1) is 0 Å². The van der Waals surface area contributed by atoms with Crippen molar-refractivity contribution in [1.29, 1.82) is 0 Å². The molecule has 2 heterocycles. The van der Waals surface area contributed by atoms with Gasteiger partial charge in [0.2, 0.25) is 6.23 Å². The second-order valence-electron chi connectivity index (χ2n) is 9.97. The van der Waals surface area contributed by atoms with Gasteiger partial charge < -0.3 is 9.47 Å². The fourth-order valence-electron chi connectivity index (χ4n) is 5.06. The third-order valence-corrected chi connectivity index (χ3v) is 7.62. The van der Waals surface area contributed by atoms with Crippen LogP contribution in [0, 0.1) is 6.92 Å². The Morgan fingerprint density at radius 2 is 1.68 bits per heavy atom. The number of hydrogen-bond acceptors (Lipinski definition) is 4. The average molecular weight is 538 g/mol. The van der Waals surface area contributed by atoms with Crippen LogP contribution in [0.5, 0.6) is 11.5 Å². The predicted molar refractivity (Wildman–Crippen MR) is 152 cm³/mol. The van der Waals surface area contributed by atoms with Gasteiger partial charge in [-0.1, -0.05) is 92.1 Å². The van der Waals surface area contributed by atoms with E-state index in [1.807, 2.05) is 18.2 Å². The topological polar surface area (TPSA) is 34.1 Å². The molecule has 3 aromatic carbocycles. The molecule has 0 fully saturated rings. The number of nitrogens with zero attached hydrogens (tertiary/aromatic N) is 2. The van der Waals surface area contributed by atoms with Gasteiger partial charge >= 0.3 is 0 Å². The first-order chi connectivity index (χ1) is 18.0. The Morgan fingerprint density at radius 1 is 0.946 bits per heavy atom. The van der Waals surface area contributed by atoms with Gasteiger partial charge in [-0.3, -0.25) is 0 Å². The number of hydrazone groups is 1. The summed E-state index contributed by atoms with van der Waals surface area (Å²) in [5.74, 6) is 1.56. The standard InChI is InChI=1S/C31H34Cl2N2O2/c1-3-4-5-6-7-8-17-36-25-15-13-23(14-16-25)31-35-29(26-18-24(32)19-27(33)30(26)37-31)20-28(34-35)22-11-9-21(2)10-12-22/h9-16,18-19,29,31H,3-8,17,20H2,1-2H3/t29-,31+/m0/s1. The zero-order valence-corrected chi connectivity index (χ0v) is 23.1. The van der Waals surface area contributed by atoms with Gasteiger partial charge in [-0.25, -0.2) is 5.01 Å². The Hall–Kier alpha value is -2.69. The number of hydrogen-bond donors (Lipinski definition) is 0. The van der Waals surface area contributed by atoms with Crippen molar-refractivity contribution in [3.8, 4) is 11.5 Å². The van der Waals surface area contributed by atoms with Crippen LogP contribution in [0.4, 0.5) is 0 Å². The van der Waals surface area contributed by atoms with Crippen molar-refractivity contribution in [2.45, 2.75) is 71.1 Å². The highest BCUT2D eigenvalue weighted by molar-refractivity contribution is 6.35. The lowest BCUT2D eigenvalue weighted by Crippen LogP contribution is -2.33. The maximum atomic E-state index is 6.61. The number of aryl methyl sites for hydroxylation is 1. The monoisotopic (exact) mass is 536 g/mol. The fourth-order valence-corrected chi connectivity index (χ4v) is 5.61. The SMILES string of the molecule is CCCCCCCCOc1ccc([C@H]2Oc3c(Cl)cc(Cl)cc3[C@@H]3CC(c4ccc(C)cc4)=NN23)cc1. The molecule has 0 amide bonds. The molecule has 3 aromatic rings. The van der Waals surface area contributed by atoms with E-state index in [4.69, 9.17) is 37.8 Å². The summed E-state index contributed by atoms with van der Waals surface area (Å²) in [6, 6.07) is 20.3. The van der Waals surface area contributed by atoms with E-state index in [-0.39, 0.29) is 6.04 Å². The van der Waals surface area contributed by atoms with Gasteiger partial charge in [0, 0.05) is 22.6 Å². The minimum atomic E-state index is -0.397. The molecule has 0 N–H and O–H groups in total. The molecule has 0 saturated heterocycles. The number of rotatable bonds is 10. The Kier molecular flexibility index (Phi) is 8.26. The molecule has 0 aromatic heterocycles. The van der Waals surface area contributed by atoms with Crippen molar-refractivity contribution in [1.82, 2.24) is 5.01 Å². The van der Waals surface area contributed by atoms with E-state index in [0.29, 0.717) is 15.8 Å². The smallest absolute Gasteiger partial charge is 0.213 e. The highest BCUT2D eigenvalue weighted by Gasteiger charge is 2.42. The van der Waals surface area contributed by atoms with E-state index in [1.54, 1.807) is 6.07 Å². The molecule has 4 nitrogen and oxygen atoms in total. The van der Waals surface area contributed by atoms with Crippen molar-refractivity contribution in [2.24, 2.45) is 5.10 Å². The van der Waals surface area contributed by atoms with Gasteiger partial charge in [0.1, 0.15) is 11.5 Å². The second kappa shape index (κ2) is 11.8. The summed E-state index contributed by atoms with van der Waals surface area (Å²) in [5.41, 5.74) is 5.35.